The maximum Gasteiger partial charge on any atom is 0.258 e. The van der Waals surface area contributed by atoms with Crippen LogP contribution in [0.1, 0.15) is 50.2 Å². The Bertz CT molecular complexity index is 1230. The molecule has 6 nitrogen and oxygen atoms in total. The molecule has 1 aliphatic heterocycles. The molecule has 0 radical (unpaired) electrons. The maximum absolute atomic E-state index is 12.9. The molecule has 0 atom stereocenters. The number of imide groups is 1. The molecular weight excluding hydrogens is 414 g/mol. The molecule has 0 aliphatic carbocycles. The van der Waals surface area contributed by atoms with Gasteiger partial charge in [-0.15, -0.1) is 0 Å². The molecule has 6 heteroatoms. The van der Waals surface area contributed by atoms with Crippen molar-refractivity contribution < 1.29 is 14.4 Å². The Morgan fingerprint density at radius 2 is 1.64 bits per heavy atom. The summed E-state index contributed by atoms with van der Waals surface area (Å²) in [7, 11) is 0. The van der Waals surface area contributed by atoms with E-state index in [-0.39, 0.29) is 5.91 Å². The molecule has 33 heavy (non-hydrogen) atoms. The number of fused-ring (bicyclic) bond motifs is 1. The summed E-state index contributed by atoms with van der Waals surface area (Å²) in [5.41, 5.74) is 4.16. The average molecular weight is 437 g/mol. The summed E-state index contributed by atoms with van der Waals surface area (Å²) >= 11 is 0. The number of nitriles is 1. The second-order valence-corrected chi connectivity index (χ2v) is 7.95. The fourth-order valence-electron chi connectivity index (χ4n) is 3.97. The first-order valence-corrected chi connectivity index (χ1v) is 10.9. The molecule has 0 aromatic heterocycles. The number of nitrogens with one attached hydrogen (secondary N) is 1. The zero-order valence-corrected chi connectivity index (χ0v) is 18.1. The summed E-state index contributed by atoms with van der Waals surface area (Å²) in [4.78, 5) is 39.6. The van der Waals surface area contributed by atoms with Crippen molar-refractivity contribution in [1.29, 1.82) is 5.26 Å². The van der Waals surface area contributed by atoms with Gasteiger partial charge in [-0.25, -0.2) is 0 Å². The van der Waals surface area contributed by atoms with Crippen LogP contribution >= 0.6 is 0 Å². The third kappa shape index (κ3) is 5.16. The SMILES string of the molecule is N#Cc1ccc(CCC(=O)N2CCCc3cc(C(=O)NC(=O)c4ccccc4)ccc32)cc1. The van der Waals surface area contributed by atoms with Crippen LogP contribution in [0.4, 0.5) is 5.69 Å². The monoisotopic (exact) mass is 437 g/mol. The van der Waals surface area contributed by atoms with Gasteiger partial charge in [0.1, 0.15) is 0 Å². The standard InChI is InChI=1S/C27H23N3O3/c28-18-20-10-8-19(9-11-20)12-15-25(31)30-16-4-7-22-17-23(13-14-24(22)30)27(33)29-26(32)21-5-2-1-3-6-21/h1-3,5-6,8-11,13-14,17H,4,7,12,15-16H2,(H,29,32,33). The number of rotatable bonds is 5. The first-order chi connectivity index (χ1) is 16.0. The summed E-state index contributed by atoms with van der Waals surface area (Å²) in [6.45, 7) is 0.636. The summed E-state index contributed by atoms with van der Waals surface area (Å²) < 4.78 is 0. The van der Waals surface area contributed by atoms with Crippen molar-refractivity contribution in [3.8, 4) is 6.07 Å². The van der Waals surface area contributed by atoms with Crippen molar-refractivity contribution in [2.24, 2.45) is 0 Å². The molecule has 3 aromatic carbocycles. The van der Waals surface area contributed by atoms with E-state index >= 15 is 0 Å². The predicted octanol–water partition coefficient (Wildman–Crippen LogP) is 4.04. The van der Waals surface area contributed by atoms with E-state index in [2.05, 4.69) is 11.4 Å². The van der Waals surface area contributed by atoms with Crippen molar-refractivity contribution in [2.45, 2.75) is 25.7 Å². The molecule has 0 fully saturated rings. The van der Waals surface area contributed by atoms with E-state index < -0.39 is 11.8 Å². The molecule has 3 amide bonds. The molecule has 4 rings (SSSR count). The van der Waals surface area contributed by atoms with Gasteiger partial charge in [-0.2, -0.15) is 5.26 Å². The molecule has 0 unspecified atom stereocenters. The maximum atomic E-state index is 12.9. The van der Waals surface area contributed by atoms with E-state index in [1.54, 1.807) is 65.6 Å². The number of anilines is 1. The molecule has 164 valence electrons. The lowest BCUT2D eigenvalue weighted by molar-refractivity contribution is -0.118. The van der Waals surface area contributed by atoms with E-state index in [9.17, 15) is 14.4 Å². The summed E-state index contributed by atoms with van der Waals surface area (Å²) in [6, 6.07) is 23.1. The van der Waals surface area contributed by atoms with Crippen molar-refractivity contribution in [1.82, 2.24) is 5.32 Å². The van der Waals surface area contributed by atoms with Crippen molar-refractivity contribution in [2.75, 3.05) is 11.4 Å². The highest BCUT2D eigenvalue weighted by molar-refractivity contribution is 6.10. The summed E-state index contributed by atoms with van der Waals surface area (Å²) in [6.07, 6.45) is 2.53. The van der Waals surface area contributed by atoms with Gasteiger partial charge in [0.15, 0.2) is 0 Å². The van der Waals surface area contributed by atoms with Crippen LogP contribution in [0.15, 0.2) is 72.8 Å². The lowest BCUT2D eigenvalue weighted by atomic mass is 9.98. The third-order valence-electron chi connectivity index (χ3n) is 5.73. The first kappa shape index (κ1) is 22.0. The Hall–Kier alpha value is -4.24. The Morgan fingerprint density at radius 3 is 2.36 bits per heavy atom. The molecule has 1 heterocycles. The number of carbonyl (C=O) groups excluding carboxylic acids is 3. The Kier molecular flexibility index (Phi) is 6.61. The minimum absolute atomic E-state index is 0.0248. The zero-order chi connectivity index (χ0) is 23.2. The number of carbonyl (C=O) groups is 3. The van der Waals surface area contributed by atoms with E-state index in [1.165, 1.54) is 0 Å². The van der Waals surface area contributed by atoms with E-state index in [0.29, 0.717) is 36.1 Å². The quantitative estimate of drug-likeness (QED) is 0.610. The number of nitrogens with zero attached hydrogens (tertiary/aromatic N) is 2. The van der Waals surface area contributed by atoms with Crippen LogP contribution < -0.4 is 10.2 Å². The van der Waals surface area contributed by atoms with Crippen LogP contribution in [0, 0.1) is 11.3 Å². The van der Waals surface area contributed by atoms with Crippen LogP contribution in [0.5, 0.6) is 0 Å². The smallest absolute Gasteiger partial charge is 0.258 e. The van der Waals surface area contributed by atoms with Gasteiger partial charge in [-0.1, -0.05) is 30.3 Å². The van der Waals surface area contributed by atoms with Gasteiger partial charge in [0.25, 0.3) is 11.8 Å². The topological polar surface area (TPSA) is 90.3 Å². The van der Waals surface area contributed by atoms with E-state index in [4.69, 9.17) is 5.26 Å². The summed E-state index contributed by atoms with van der Waals surface area (Å²) in [5, 5.41) is 11.3. The fraction of sp³-hybridized carbons (Fsp3) is 0.185. The minimum Gasteiger partial charge on any atom is -0.312 e. The average Bonchev–Trinajstić information content (AvgIpc) is 2.87. The Labute approximate surface area is 192 Å². The normalized spacial score (nSPS) is 12.4. The highest BCUT2D eigenvalue weighted by atomic mass is 16.2. The lowest BCUT2D eigenvalue weighted by Gasteiger charge is -2.30. The van der Waals surface area contributed by atoms with Crippen molar-refractivity contribution in [3.05, 3.63) is 101 Å². The molecule has 1 aliphatic rings. The van der Waals surface area contributed by atoms with Gasteiger partial charge in [-0.05, 0) is 72.9 Å². The lowest BCUT2D eigenvalue weighted by Crippen LogP contribution is -2.36. The highest BCUT2D eigenvalue weighted by Gasteiger charge is 2.23. The van der Waals surface area contributed by atoms with Gasteiger partial charge in [0.2, 0.25) is 5.91 Å². The third-order valence-corrected chi connectivity index (χ3v) is 5.73. The first-order valence-electron chi connectivity index (χ1n) is 10.9. The number of aryl methyl sites for hydroxylation is 2. The molecule has 1 N–H and O–H groups in total. The molecule has 0 spiro atoms. The van der Waals surface area contributed by atoms with Crippen LogP contribution in [-0.4, -0.2) is 24.3 Å². The second-order valence-electron chi connectivity index (χ2n) is 7.95. The van der Waals surface area contributed by atoms with Crippen LogP contribution in [0.3, 0.4) is 0 Å². The number of hydrogen-bond acceptors (Lipinski definition) is 4. The van der Waals surface area contributed by atoms with Gasteiger partial charge >= 0.3 is 0 Å². The molecule has 0 saturated heterocycles. The largest absolute Gasteiger partial charge is 0.312 e. The predicted molar refractivity (Wildman–Crippen MR) is 125 cm³/mol. The van der Waals surface area contributed by atoms with Gasteiger partial charge in [-0.3, -0.25) is 19.7 Å². The molecule has 3 aromatic rings. The van der Waals surface area contributed by atoms with Gasteiger partial charge < -0.3 is 4.90 Å². The van der Waals surface area contributed by atoms with E-state index in [1.807, 2.05) is 12.1 Å². The number of hydrogen-bond donors (Lipinski definition) is 1. The van der Waals surface area contributed by atoms with Crippen molar-refractivity contribution in [3.63, 3.8) is 0 Å². The minimum atomic E-state index is -0.462. The molecule has 0 bridgehead atoms. The van der Waals surface area contributed by atoms with Crippen LogP contribution in [0.25, 0.3) is 0 Å². The number of amides is 3. The Morgan fingerprint density at radius 1 is 0.909 bits per heavy atom. The van der Waals surface area contributed by atoms with E-state index in [0.717, 1.165) is 29.7 Å². The summed E-state index contributed by atoms with van der Waals surface area (Å²) in [5.74, 6) is -0.884. The van der Waals surface area contributed by atoms with Crippen LogP contribution in [0.2, 0.25) is 0 Å². The number of benzene rings is 3. The zero-order valence-electron chi connectivity index (χ0n) is 18.1. The second kappa shape index (κ2) is 9.92. The van der Waals surface area contributed by atoms with Gasteiger partial charge in [0.05, 0.1) is 11.6 Å². The van der Waals surface area contributed by atoms with Gasteiger partial charge in [0, 0.05) is 29.8 Å². The van der Waals surface area contributed by atoms with Crippen LogP contribution in [-0.2, 0) is 17.6 Å². The molecule has 0 saturated carbocycles. The Balaban J connectivity index is 1.42. The van der Waals surface area contributed by atoms with Crippen molar-refractivity contribution >= 4 is 23.4 Å². The fourth-order valence-corrected chi connectivity index (χ4v) is 3.97. The highest BCUT2D eigenvalue weighted by Crippen LogP contribution is 2.29. The molecular formula is C27H23N3O3.